The lowest BCUT2D eigenvalue weighted by atomic mass is 10.0. The van der Waals surface area contributed by atoms with Gasteiger partial charge in [0.2, 0.25) is 0 Å². The smallest absolute Gasteiger partial charge is 0.319 e. The number of anilines is 1. The maximum absolute atomic E-state index is 12.0. The van der Waals surface area contributed by atoms with E-state index in [9.17, 15) is 9.90 Å². The molecular weight excluding hydrogens is 328 g/mol. The van der Waals surface area contributed by atoms with Gasteiger partial charge in [-0.05, 0) is 42.7 Å². The van der Waals surface area contributed by atoms with Gasteiger partial charge >= 0.3 is 6.03 Å². The number of nitrogens with one attached hydrogen (secondary N) is 2. The Kier molecular flexibility index (Phi) is 4.59. The van der Waals surface area contributed by atoms with Crippen molar-refractivity contribution in [2.24, 2.45) is 0 Å². The van der Waals surface area contributed by atoms with Crippen molar-refractivity contribution in [3.05, 3.63) is 53.8 Å². The third kappa shape index (κ3) is 3.79. The molecule has 7 nitrogen and oxygen atoms in total. The monoisotopic (exact) mass is 344 g/mol. The van der Waals surface area contributed by atoms with E-state index in [2.05, 4.69) is 20.2 Å². The third-order valence-electron chi connectivity index (χ3n) is 3.44. The minimum atomic E-state index is -1.28. The van der Waals surface area contributed by atoms with Crippen LogP contribution in [0.5, 0.6) is 0 Å². The van der Waals surface area contributed by atoms with Gasteiger partial charge in [-0.1, -0.05) is 16.6 Å². The number of amides is 2. The van der Waals surface area contributed by atoms with Gasteiger partial charge in [0, 0.05) is 16.6 Å². The minimum absolute atomic E-state index is 0.0227. The summed E-state index contributed by atoms with van der Waals surface area (Å²) in [5.41, 5.74) is 1.08. The quantitative estimate of drug-likeness (QED) is 0.661. The molecule has 124 valence electrons. The number of furan rings is 1. The molecule has 0 saturated carbocycles. The number of hydrogen-bond acceptors (Lipinski definition) is 6. The second kappa shape index (κ2) is 6.81. The van der Waals surface area contributed by atoms with E-state index >= 15 is 0 Å². The van der Waals surface area contributed by atoms with Crippen molar-refractivity contribution >= 4 is 23.3 Å². The van der Waals surface area contributed by atoms with Gasteiger partial charge in [-0.15, -0.1) is 5.10 Å². The highest BCUT2D eigenvalue weighted by atomic mass is 32.1. The highest BCUT2D eigenvalue weighted by molar-refractivity contribution is 7.03. The molecule has 0 spiro atoms. The molecule has 3 rings (SSSR count). The molecule has 24 heavy (non-hydrogen) atoms. The Hall–Kier alpha value is -2.71. The van der Waals surface area contributed by atoms with Crippen LogP contribution in [-0.4, -0.2) is 27.3 Å². The van der Waals surface area contributed by atoms with Crippen LogP contribution in [0.3, 0.4) is 0 Å². The van der Waals surface area contributed by atoms with Crippen molar-refractivity contribution in [3.63, 3.8) is 0 Å². The summed E-state index contributed by atoms with van der Waals surface area (Å²) in [4.78, 5) is 12.0. The molecule has 1 aromatic carbocycles. The minimum Gasteiger partial charge on any atom is -0.466 e. The van der Waals surface area contributed by atoms with Crippen molar-refractivity contribution in [1.82, 2.24) is 14.9 Å². The van der Waals surface area contributed by atoms with E-state index in [1.807, 2.05) is 17.5 Å². The van der Waals surface area contributed by atoms with E-state index in [4.69, 9.17) is 4.42 Å². The Bertz CT molecular complexity index is 783. The first-order chi connectivity index (χ1) is 11.5. The fourth-order valence-corrected chi connectivity index (χ4v) is 2.58. The van der Waals surface area contributed by atoms with E-state index in [-0.39, 0.29) is 6.54 Å². The lowest BCUT2D eigenvalue weighted by molar-refractivity contribution is 0.0372. The predicted octanol–water partition coefficient (Wildman–Crippen LogP) is 2.83. The Morgan fingerprint density at radius 1 is 1.33 bits per heavy atom. The van der Waals surface area contributed by atoms with Crippen molar-refractivity contribution < 1.29 is 14.3 Å². The van der Waals surface area contributed by atoms with Gasteiger partial charge in [0.05, 0.1) is 12.8 Å². The number of carbonyl (C=O) groups is 1. The summed E-state index contributed by atoms with van der Waals surface area (Å²) >= 11 is 1.28. The summed E-state index contributed by atoms with van der Waals surface area (Å²) in [7, 11) is 0. The van der Waals surface area contributed by atoms with Crippen LogP contribution in [0.1, 0.15) is 12.7 Å². The van der Waals surface area contributed by atoms with Crippen LogP contribution < -0.4 is 10.6 Å². The van der Waals surface area contributed by atoms with E-state index in [1.54, 1.807) is 31.2 Å². The summed E-state index contributed by atoms with van der Waals surface area (Å²) < 4.78 is 8.98. The van der Waals surface area contributed by atoms with Crippen LogP contribution in [0, 0.1) is 0 Å². The molecule has 2 aromatic heterocycles. The molecule has 0 saturated heterocycles. The molecule has 0 fully saturated rings. The van der Waals surface area contributed by atoms with Gasteiger partial charge in [0.1, 0.15) is 17.1 Å². The van der Waals surface area contributed by atoms with Crippen molar-refractivity contribution in [2.75, 3.05) is 11.9 Å². The normalized spacial score (nSPS) is 13.2. The molecule has 2 amide bonds. The highest BCUT2D eigenvalue weighted by Crippen LogP contribution is 2.21. The SMILES string of the molecule is CC(O)(CNC(=O)Nc1ccc(-c2csnn2)cc1)c1ccco1. The van der Waals surface area contributed by atoms with E-state index < -0.39 is 11.6 Å². The standard InChI is InChI=1S/C16H16N4O3S/c1-16(22,14-3-2-8-23-14)10-17-15(21)18-12-6-4-11(5-7-12)13-9-24-20-19-13/h2-9,22H,10H2,1H3,(H2,17,18,21). The average molecular weight is 344 g/mol. The molecule has 1 unspecified atom stereocenters. The molecule has 2 heterocycles. The summed E-state index contributed by atoms with van der Waals surface area (Å²) in [5, 5.41) is 21.5. The lowest BCUT2D eigenvalue weighted by Crippen LogP contribution is -2.40. The van der Waals surface area contributed by atoms with Gasteiger partial charge in [-0.2, -0.15) is 0 Å². The Balaban J connectivity index is 1.55. The fourth-order valence-electron chi connectivity index (χ4n) is 2.11. The molecule has 1 atom stereocenters. The van der Waals surface area contributed by atoms with Crippen LogP contribution >= 0.6 is 11.5 Å². The lowest BCUT2D eigenvalue weighted by Gasteiger charge is -2.21. The maximum atomic E-state index is 12.0. The predicted molar refractivity (Wildman–Crippen MR) is 90.6 cm³/mol. The number of carbonyl (C=O) groups excluding carboxylic acids is 1. The second-order valence-electron chi connectivity index (χ2n) is 5.43. The van der Waals surface area contributed by atoms with Crippen molar-refractivity contribution in [2.45, 2.75) is 12.5 Å². The number of hydrogen-bond donors (Lipinski definition) is 3. The molecular formula is C16H16N4O3S. The number of nitrogens with zero attached hydrogens (tertiary/aromatic N) is 2. The zero-order valence-electron chi connectivity index (χ0n) is 12.9. The van der Waals surface area contributed by atoms with Gasteiger partial charge in [-0.3, -0.25) is 0 Å². The molecule has 0 radical (unpaired) electrons. The van der Waals surface area contributed by atoms with Gasteiger partial charge in [-0.25, -0.2) is 4.79 Å². The first kappa shape index (κ1) is 16.2. The van der Waals surface area contributed by atoms with E-state index in [1.165, 1.54) is 17.8 Å². The molecule has 3 aromatic rings. The van der Waals surface area contributed by atoms with Gasteiger partial charge in [0.25, 0.3) is 0 Å². The zero-order chi connectivity index (χ0) is 17.0. The molecule has 0 bridgehead atoms. The van der Waals surface area contributed by atoms with E-state index in [0.717, 1.165) is 11.3 Å². The Morgan fingerprint density at radius 3 is 2.75 bits per heavy atom. The van der Waals surface area contributed by atoms with Crippen LogP contribution in [0.2, 0.25) is 0 Å². The van der Waals surface area contributed by atoms with Crippen LogP contribution in [0.15, 0.2) is 52.5 Å². The summed E-state index contributed by atoms with van der Waals surface area (Å²) in [5.74, 6) is 0.393. The fraction of sp³-hybridized carbons (Fsp3) is 0.188. The van der Waals surface area contributed by atoms with Gasteiger partial charge in [0.15, 0.2) is 0 Å². The molecule has 3 N–H and O–H groups in total. The second-order valence-corrected chi connectivity index (χ2v) is 6.04. The first-order valence-electron chi connectivity index (χ1n) is 7.23. The summed E-state index contributed by atoms with van der Waals surface area (Å²) in [6, 6.07) is 10.2. The highest BCUT2D eigenvalue weighted by Gasteiger charge is 2.26. The third-order valence-corrected chi connectivity index (χ3v) is 3.95. The molecule has 0 aliphatic rings. The zero-order valence-corrected chi connectivity index (χ0v) is 13.7. The molecule has 8 heteroatoms. The molecule has 0 aliphatic heterocycles. The van der Waals surface area contributed by atoms with Gasteiger partial charge < -0.3 is 20.2 Å². The number of aromatic nitrogens is 2. The maximum Gasteiger partial charge on any atom is 0.319 e. The van der Waals surface area contributed by atoms with Crippen LogP contribution in [0.25, 0.3) is 11.3 Å². The van der Waals surface area contributed by atoms with E-state index in [0.29, 0.717) is 11.4 Å². The topological polar surface area (TPSA) is 100 Å². The average Bonchev–Trinajstić information content (AvgIpc) is 3.27. The van der Waals surface area contributed by atoms with Crippen molar-refractivity contribution in [1.29, 1.82) is 0 Å². The van der Waals surface area contributed by atoms with Crippen LogP contribution in [-0.2, 0) is 5.60 Å². The number of aliphatic hydroxyl groups is 1. The number of urea groups is 1. The van der Waals surface area contributed by atoms with Crippen LogP contribution in [0.4, 0.5) is 10.5 Å². The summed E-state index contributed by atoms with van der Waals surface area (Å²) in [6.07, 6.45) is 1.48. The number of benzene rings is 1. The molecule has 0 aliphatic carbocycles. The Morgan fingerprint density at radius 2 is 2.12 bits per heavy atom. The first-order valence-corrected chi connectivity index (χ1v) is 8.07. The Labute approximate surface area is 142 Å². The largest absolute Gasteiger partial charge is 0.466 e. The van der Waals surface area contributed by atoms with Crippen molar-refractivity contribution in [3.8, 4) is 11.3 Å². The summed E-state index contributed by atoms with van der Waals surface area (Å²) in [6.45, 7) is 1.59. The number of rotatable bonds is 5.